The molecular formula is C115H135N9O12S4. The van der Waals surface area contributed by atoms with E-state index in [2.05, 4.69) is 129 Å². The van der Waals surface area contributed by atoms with Gasteiger partial charge in [-0.25, -0.2) is 19.9 Å². The van der Waals surface area contributed by atoms with E-state index in [0.717, 1.165) is 115 Å². The summed E-state index contributed by atoms with van der Waals surface area (Å²) >= 11 is 6.33. The van der Waals surface area contributed by atoms with Crippen molar-refractivity contribution in [2.75, 3.05) is 7.05 Å². The molecule has 140 heavy (non-hydrogen) atoms. The van der Waals surface area contributed by atoms with Gasteiger partial charge in [-0.05, 0) is 208 Å². The molecule has 0 saturated carbocycles. The minimum Gasteiger partial charge on any atom is -0.359 e. The third-order valence-electron chi connectivity index (χ3n) is 24.5. The van der Waals surface area contributed by atoms with E-state index in [1.54, 1.807) is 52.4 Å². The van der Waals surface area contributed by atoms with Crippen molar-refractivity contribution in [2.24, 2.45) is 23.7 Å². The van der Waals surface area contributed by atoms with Gasteiger partial charge in [0.05, 0.1) is 84.6 Å². The number of hydrogen-bond acceptors (Lipinski definition) is 20. The van der Waals surface area contributed by atoms with Crippen molar-refractivity contribution in [3.8, 4) is 0 Å². The first kappa shape index (κ1) is 111. The molecule has 0 saturated heterocycles. The van der Waals surface area contributed by atoms with Gasteiger partial charge in [0.15, 0.2) is 23.1 Å². The Morgan fingerprint density at radius 1 is 0.307 bits per heavy atom. The Hall–Kier alpha value is -12.7. The number of ketones is 7. The largest absolute Gasteiger partial charge is 0.359 e. The molecular weight excluding hydrogens is 1830 g/mol. The molecule has 4 heterocycles. The Kier molecular flexibility index (Phi) is 46.8. The number of hydrogen-bond donors (Lipinski definition) is 5. The van der Waals surface area contributed by atoms with Crippen LogP contribution in [0.5, 0.6) is 0 Å². The molecule has 8 aromatic carbocycles. The van der Waals surface area contributed by atoms with Crippen LogP contribution in [0.4, 0.5) is 0 Å². The van der Waals surface area contributed by atoms with Gasteiger partial charge in [-0.1, -0.05) is 213 Å². The lowest BCUT2D eigenvalue weighted by Crippen LogP contribution is -2.42. The van der Waals surface area contributed by atoms with Crippen molar-refractivity contribution in [1.82, 2.24) is 46.5 Å². The van der Waals surface area contributed by atoms with Gasteiger partial charge in [0.2, 0.25) is 29.5 Å². The number of amides is 5. The molecule has 8 atom stereocenters. The normalized spacial score (nSPS) is 12.7. The quantitative estimate of drug-likeness (QED) is 0.0221. The van der Waals surface area contributed by atoms with Crippen molar-refractivity contribution in [1.29, 1.82) is 0 Å². The third-order valence-corrected chi connectivity index (χ3v) is 28.6. The first-order valence-electron chi connectivity index (χ1n) is 48.9. The van der Waals surface area contributed by atoms with Crippen LogP contribution in [0.1, 0.15) is 209 Å². The molecule has 0 radical (unpaired) electrons. The van der Waals surface area contributed by atoms with Crippen LogP contribution in [0.15, 0.2) is 245 Å². The van der Waals surface area contributed by atoms with E-state index in [1.807, 2.05) is 159 Å². The summed E-state index contributed by atoms with van der Waals surface area (Å²) in [5.74, 6) is -3.01. The van der Waals surface area contributed by atoms with Crippen molar-refractivity contribution in [3.63, 3.8) is 0 Å². The smallest absolute Gasteiger partial charge is 0.224 e. The Bertz CT molecular complexity index is 5980. The van der Waals surface area contributed by atoms with Gasteiger partial charge in [-0.15, -0.1) is 45.3 Å². The second-order valence-electron chi connectivity index (χ2n) is 35.4. The number of nitrogens with zero attached hydrogens (tertiary/aromatic N) is 4. The van der Waals surface area contributed by atoms with E-state index in [9.17, 15) is 57.5 Å². The summed E-state index contributed by atoms with van der Waals surface area (Å²) < 4.78 is 4.39. The van der Waals surface area contributed by atoms with Gasteiger partial charge in [-0.3, -0.25) is 52.7 Å². The first-order valence-corrected chi connectivity index (χ1v) is 52.1. The Morgan fingerprint density at radius 3 is 0.786 bits per heavy atom. The van der Waals surface area contributed by atoms with E-state index in [4.69, 9.17) is 19.9 Å². The van der Waals surface area contributed by atoms with Crippen molar-refractivity contribution in [3.05, 3.63) is 309 Å². The standard InChI is InChI=1S/C30H36N2O3S.C29H34N2O3S.C28H33N3O3S.C28H32N2O3S/c1-4-10-26(34)19-23(20-29-32-27-16-13-21(5-2)18-28(27)36-29)30(35)31-24(14-15-25(33)6-3)17-22-11-8-7-9-12-22;1-4-20-12-15-26-27(17-20)35-28(31-26)19-22(18-25(33)6-3)29(34)30-23(13-14-24(32)5-2)16-21-10-8-7-9-11-21;1-4-19-11-14-24-25(16-19)35-27(31-24)18-21(17-26(33)29-3)28(34)30-22(12-13-23(32)5-2)15-20-9-7-6-8-10-20;1-4-20-11-14-25-26(17-20)34-27(30-25)18-22(15-19(3)31)28(33)29-23(12-13-24(32)5-2)16-21-9-7-6-8-10-21/h6-9,11-13,16,18,23-24H,3-5,10,14-15,17,19-20H2,1-2H3,(H,31,35);5,7-12,15,17,22-23H,2,4,6,13-14,16,18-19H2,1,3H3,(H,30,34);5-11,14,16,21-22H,2,4,12-13,15,17-18H2,1,3H3,(H,29,33)(H,30,34);5-11,14,17,22-23H,2,4,12-13,15-16,18H2,1,3H3,(H,29,33)/t23-,24+;22-,23+;21-,22+;22-,23+/m0000/s1. The number of Topliss-reactive ketones (excluding diaryl/α,β-unsaturated/α-hetero) is 3. The number of thiazole rings is 4. The number of fused-ring (bicyclic) bond motifs is 4. The van der Waals surface area contributed by atoms with Gasteiger partial charge in [0.25, 0.3) is 0 Å². The SMILES string of the molecule is C=CC(=O)CC[C@H](Cc1ccccc1)NC(=O)[C@@H](CC(=O)CC)Cc1nc2ccc(CC)cc2s1.C=CC(=O)CC[C@H](Cc1ccccc1)NC(=O)[C@@H](CC(=O)CCC)Cc1nc2ccc(CC)cc2s1.C=CC(=O)CC[C@H](Cc1ccccc1)NC(=O)[C@@H](CC(=O)NC)Cc1nc2ccc(CC)cc2s1.C=CC(=O)CC[C@H](Cc1ccccc1)NC(=O)[C@@H](CC(C)=O)Cc1nc2ccc(CC)cc2s1. The monoisotopic (exact) mass is 1960 g/mol. The first-order chi connectivity index (χ1) is 67.6. The zero-order valence-corrected chi connectivity index (χ0v) is 85.4. The Morgan fingerprint density at radius 2 is 0.557 bits per heavy atom. The van der Waals surface area contributed by atoms with Gasteiger partial charge < -0.3 is 31.4 Å². The summed E-state index contributed by atoms with van der Waals surface area (Å²) in [7, 11) is 1.57. The van der Waals surface area contributed by atoms with E-state index >= 15 is 0 Å². The van der Waals surface area contributed by atoms with E-state index in [1.165, 1.54) is 53.5 Å². The molecule has 12 rings (SSSR count). The molecule has 12 aromatic rings. The molecule has 0 aliphatic carbocycles. The van der Waals surface area contributed by atoms with Crippen LogP contribution in [-0.2, 0) is 135 Å². The molecule has 0 unspecified atom stereocenters. The van der Waals surface area contributed by atoms with Gasteiger partial charge in [0, 0.05) is 121 Å². The molecule has 0 aliphatic heterocycles. The zero-order valence-electron chi connectivity index (χ0n) is 82.1. The number of aromatic nitrogens is 4. The van der Waals surface area contributed by atoms with Gasteiger partial charge >= 0.3 is 0 Å². The summed E-state index contributed by atoms with van der Waals surface area (Å²) in [6, 6.07) is 63.6. The predicted octanol–water partition coefficient (Wildman–Crippen LogP) is 21.4. The second-order valence-corrected chi connectivity index (χ2v) is 39.9. The van der Waals surface area contributed by atoms with Crippen LogP contribution in [0.2, 0.25) is 0 Å². The molecule has 0 spiro atoms. The summed E-state index contributed by atoms with van der Waals surface area (Å²) in [5, 5.41) is 18.6. The molecule has 0 aliphatic rings. The van der Waals surface area contributed by atoms with Crippen LogP contribution in [-0.4, -0.2) is 121 Å². The fourth-order valence-electron chi connectivity index (χ4n) is 16.4. The molecule has 4 aromatic heterocycles. The number of carbonyl (C=O) groups excluding carboxylic acids is 12. The Labute approximate surface area is 840 Å². The maximum Gasteiger partial charge on any atom is 0.224 e. The Balaban J connectivity index is 0.000000209. The minimum absolute atomic E-state index is 0.0315. The number of rotatable bonds is 55. The van der Waals surface area contributed by atoms with Crippen LogP contribution >= 0.6 is 45.3 Å². The number of benzene rings is 8. The highest BCUT2D eigenvalue weighted by Crippen LogP contribution is 2.33. The maximum absolute atomic E-state index is 13.5. The predicted molar refractivity (Wildman–Crippen MR) is 569 cm³/mol. The lowest BCUT2D eigenvalue weighted by molar-refractivity contribution is -0.130. The van der Waals surface area contributed by atoms with Crippen LogP contribution in [0.25, 0.3) is 40.9 Å². The average molecular weight is 1960 g/mol. The molecule has 736 valence electrons. The number of nitrogens with one attached hydrogen (secondary N) is 5. The highest BCUT2D eigenvalue weighted by Gasteiger charge is 2.32. The fourth-order valence-corrected chi connectivity index (χ4v) is 20.8. The summed E-state index contributed by atoms with van der Waals surface area (Å²) in [6.45, 7) is 28.0. The fraction of sp³-hybridized carbons (Fsp3) is 0.374. The van der Waals surface area contributed by atoms with E-state index < -0.39 is 23.7 Å². The van der Waals surface area contributed by atoms with Gasteiger partial charge in [0.1, 0.15) is 17.3 Å². The minimum atomic E-state index is -0.561. The summed E-state index contributed by atoms with van der Waals surface area (Å²) in [5.41, 5.74) is 13.0. The second kappa shape index (κ2) is 59.0. The average Bonchev–Trinajstić information content (AvgIpc) is 1.69. The maximum atomic E-state index is 13.5. The van der Waals surface area contributed by atoms with Crippen LogP contribution < -0.4 is 26.6 Å². The number of carbonyl (C=O) groups is 12. The molecule has 5 amide bonds. The molecule has 25 heteroatoms. The van der Waals surface area contributed by atoms with Crippen LogP contribution in [0, 0.1) is 23.7 Å². The molecule has 5 N–H and O–H groups in total. The number of allylic oxidation sites excluding steroid dienone is 4. The molecule has 0 bridgehead atoms. The van der Waals surface area contributed by atoms with Crippen LogP contribution in [0.3, 0.4) is 0 Å². The van der Waals surface area contributed by atoms with Crippen molar-refractivity contribution >= 4 is 156 Å². The zero-order chi connectivity index (χ0) is 101. The lowest BCUT2D eigenvalue weighted by atomic mass is 9.94. The topological polar surface area (TPSA) is 317 Å². The summed E-state index contributed by atoms with van der Waals surface area (Å²) in [6.07, 6.45) is 18.7. The lowest BCUT2D eigenvalue weighted by Gasteiger charge is -2.22. The summed E-state index contributed by atoms with van der Waals surface area (Å²) in [4.78, 5) is 169. The van der Waals surface area contributed by atoms with E-state index in [-0.39, 0.29) is 120 Å². The number of aryl methyl sites for hydroxylation is 4. The van der Waals surface area contributed by atoms with E-state index in [0.29, 0.717) is 116 Å². The molecule has 0 fully saturated rings. The van der Waals surface area contributed by atoms with Gasteiger partial charge in [-0.2, -0.15) is 0 Å². The highest BCUT2D eigenvalue weighted by atomic mass is 32.1. The third kappa shape index (κ3) is 37.8. The van der Waals surface area contributed by atoms with Crippen molar-refractivity contribution < 1.29 is 57.5 Å². The van der Waals surface area contributed by atoms with Crippen molar-refractivity contribution in [2.45, 2.75) is 246 Å². The molecule has 21 nitrogen and oxygen atoms in total. The highest BCUT2D eigenvalue weighted by molar-refractivity contribution is 7.19.